The number of rotatable bonds is 5. The zero-order valence-electron chi connectivity index (χ0n) is 12.5. The summed E-state index contributed by atoms with van der Waals surface area (Å²) in [7, 11) is 1.66. The molecule has 0 aliphatic carbocycles. The van der Waals surface area contributed by atoms with E-state index in [4.69, 9.17) is 10.00 Å². The molecular formula is C14H25N3O2. The van der Waals surface area contributed by atoms with Gasteiger partial charge in [-0.05, 0) is 27.2 Å². The monoisotopic (exact) mass is 267 g/mol. The summed E-state index contributed by atoms with van der Waals surface area (Å²) in [5.41, 5.74) is -0.445. The molecule has 0 aromatic carbocycles. The molecule has 5 nitrogen and oxygen atoms in total. The third-order valence-corrected chi connectivity index (χ3v) is 3.86. The molecule has 0 bridgehead atoms. The van der Waals surface area contributed by atoms with Crippen LogP contribution in [0.15, 0.2) is 0 Å². The highest BCUT2D eigenvalue weighted by Gasteiger charge is 2.30. The largest absolute Gasteiger partial charge is 0.382 e. The molecule has 1 fully saturated rings. The van der Waals surface area contributed by atoms with Gasteiger partial charge in [0.25, 0.3) is 0 Å². The number of hydrogen-bond acceptors (Lipinski definition) is 4. The molecule has 0 spiro atoms. The Labute approximate surface area is 116 Å². The van der Waals surface area contributed by atoms with E-state index in [-0.39, 0.29) is 12.0 Å². The summed E-state index contributed by atoms with van der Waals surface area (Å²) in [4.78, 5) is 16.1. The first-order chi connectivity index (χ1) is 8.90. The van der Waals surface area contributed by atoms with E-state index in [0.717, 1.165) is 19.5 Å². The van der Waals surface area contributed by atoms with Crippen LogP contribution in [0.3, 0.4) is 0 Å². The van der Waals surface area contributed by atoms with Crippen LogP contribution in [0, 0.1) is 11.3 Å². The molecule has 0 N–H and O–H groups in total. The van der Waals surface area contributed by atoms with Crippen LogP contribution in [0.2, 0.25) is 0 Å². The molecule has 5 heteroatoms. The van der Waals surface area contributed by atoms with E-state index in [1.807, 2.05) is 25.7 Å². The number of nitriles is 1. The lowest BCUT2D eigenvalue weighted by atomic mass is 10.0. The van der Waals surface area contributed by atoms with Gasteiger partial charge in [0, 0.05) is 39.7 Å². The molecule has 1 atom stereocenters. The Balaban J connectivity index is 2.38. The van der Waals surface area contributed by atoms with Crippen molar-refractivity contribution in [3.63, 3.8) is 0 Å². The van der Waals surface area contributed by atoms with Crippen LogP contribution in [0.5, 0.6) is 0 Å². The fraction of sp³-hybridized carbons (Fsp3) is 0.857. The van der Waals surface area contributed by atoms with Crippen LogP contribution in [-0.2, 0) is 9.53 Å². The number of piperazine rings is 1. The molecule has 1 heterocycles. The number of ether oxygens (including phenoxy) is 1. The first-order valence-electron chi connectivity index (χ1n) is 6.87. The van der Waals surface area contributed by atoms with Gasteiger partial charge in [-0.1, -0.05) is 0 Å². The molecule has 1 aliphatic heterocycles. The van der Waals surface area contributed by atoms with Crippen molar-refractivity contribution < 1.29 is 9.53 Å². The molecular weight excluding hydrogens is 242 g/mol. The number of amides is 1. The first-order valence-corrected chi connectivity index (χ1v) is 6.87. The van der Waals surface area contributed by atoms with Crippen molar-refractivity contribution in [1.29, 1.82) is 5.26 Å². The van der Waals surface area contributed by atoms with E-state index in [1.54, 1.807) is 7.11 Å². The van der Waals surface area contributed by atoms with Crippen LogP contribution in [0.25, 0.3) is 0 Å². The molecule has 108 valence electrons. The molecule has 0 saturated carbocycles. The normalized spacial score (nSPS) is 19.0. The lowest BCUT2D eigenvalue weighted by Crippen LogP contribution is -2.55. The van der Waals surface area contributed by atoms with Crippen LogP contribution in [-0.4, -0.2) is 60.6 Å². The summed E-state index contributed by atoms with van der Waals surface area (Å²) in [6.45, 7) is 8.78. The Morgan fingerprint density at radius 1 is 1.37 bits per heavy atom. The van der Waals surface area contributed by atoms with Crippen molar-refractivity contribution in [2.45, 2.75) is 45.3 Å². The maximum atomic E-state index is 12.0. The standard InChI is InChI=1S/C14H25N3O2/c1-12(19-4)5-6-13(18)16-7-9-17(10-8-16)14(2,3)11-15/h12H,5-10H2,1-4H3. The van der Waals surface area contributed by atoms with Crippen LogP contribution in [0.1, 0.15) is 33.6 Å². The molecule has 1 rings (SSSR count). The lowest BCUT2D eigenvalue weighted by Gasteiger charge is -2.40. The highest BCUT2D eigenvalue weighted by Crippen LogP contribution is 2.16. The van der Waals surface area contributed by atoms with Crippen LogP contribution < -0.4 is 0 Å². The minimum atomic E-state index is -0.445. The van der Waals surface area contributed by atoms with Gasteiger partial charge in [-0.2, -0.15) is 5.26 Å². The molecule has 1 saturated heterocycles. The van der Waals surface area contributed by atoms with Gasteiger partial charge in [0.2, 0.25) is 5.91 Å². The summed E-state index contributed by atoms with van der Waals surface area (Å²) in [6, 6.07) is 2.31. The van der Waals surface area contributed by atoms with E-state index in [2.05, 4.69) is 11.0 Å². The van der Waals surface area contributed by atoms with Crippen molar-refractivity contribution >= 4 is 5.91 Å². The minimum Gasteiger partial charge on any atom is -0.382 e. The van der Waals surface area contributed by atoms with E-state index < -0.39 is 5.54 Å². The van der Waals surface area contributed by atoms with Crippen LogP contribution >= 0.6 is 0 Å². The molecule has 1 amide bonds. The number of methoxy groups -OCH3 is 1. The number of hydrogen-bond donors (Lipinski definition) is 0. The van der Waals surface area contributed by atoms with E-state index in [0.29, 0.717) is 19.5 Å². The zero-order valence-corrected chi connectivity index (χ0v) is 12.5. The molecule has 0 radical (unpaired) electrons. The van der Waals surface area contributed by atoms with Gasteiger partial charge >= 0.3 is 0 Å². The zero-order chi connectivity index (χ0) is 14.5. The van der Waals surface area contributed by atoms with Gasteiger partial charge in [0.05, 0.1) is 12.2 Å². The Bertz CT molecular complexity index is 341. The van der Waals surface area contributed by atoms with Gasteiger partial charge in [0.1, 0.15) is 5.54 Å². The summed E-state index contributed by atoms with van der Waals surface area (Å²) in [5.74, 6) is 0.193. The highest BCUT2D eigenvalue weighted by atomic mass is 16.5. The maximum absolute atomic E-state index is 12.0. The molecule has 1 aliphatic rings. The maximum Gasteiger partial charge on any atom is 0.222 e. The summed E-state index contributed by atoms with van der Waals surface area (Å²) in [6.07, 6.45) is 1.43. The fourth-order valence-corrected chi connectivity index (χ4v) is 2.19. The Morgan fingerprint density at radius 3 is 2.42 bits per heavy atom. The Morgan fingerprint density at radius 2 is 1.95 bits per heavy atom. The molecule has 1 unspecified atom stereocenters. The summed E-state index contributed by atoms with van der Waals surface area (Å²) < 4.78 is 5.15. The Hall–Kier alpha value is -1.12. The van der Waals surface area contributed by atoms with Crippen LogP contribution in [0.4, 0.5) is 0 Å². The Kier molecular flexibility index (Phi) is 5.77. The molecule has 19 heavy (non-hydrogen) atoms. The topological polar surface area (TPSA) is 56.6 Å². The summed E-state index contributed by atoms with van der Waals surface area (Å²) >= 11 is 0. The lowest BCUT2D eigenvalue weighted by molar-refractivity contribution is -0.134. The first kappa shape index (κ1) is 15.9. The second-order valence-corrected chi connectivity index (χ2v) is 5.62. The quantitative estimate of drug-likeness (QED) is 0.752. The number of nitrogens with zero attached hydrogens (tertiary/aromatic N) is 3. The SMILES string of the molecule is COC(C)CCC(=O)N1CCN(C(C)(C)C#N)CC1. The van der Waals surface area contributed by atoms with Crippen molar-refractivity contribution in [1.82, 2.24) is 9.80 Å². The van der Waals surface area contributed by atoms with Gasteiger partial charge in [-0.25, -0.2) is 0 Å². The van der Waals surface area contributed by atoms with Gasteiger partial charge in [-0.15, -0.1) is 0 Å². The minimum absolute atomic E-state index is 0.128. The molecule has 0 aromatic rings. The van der Waals surface area contributed by atoms with Gasteiger partial charge < -0.3 is 9.64 Å². The predicted molar refractivity (Wildman–Crippen MR) is 73.6 cm³/mol. The van der Waals surface area contributed by atoms with Gasteiger partial charge in [-0.3, -0.25) is 9.69 Å². The van der Waals surface area contributed by atoms with E-state index in [1.165, 1.54) is 0 Å². The summed E-state index contributed by atoms with van der Waals surface area (Å²) in [5, 5.41) is 9.11. The predicted octanol–water partition coefficient (Wildman–Crippen LogP) is 1.25. The smallest absolute Gasteiger partial charge is 0.222 e. The third kappa shape index (κ3) is 4.48. The van der Waals surface area contributed by atoms with Crippen molar-refractivity contribution in [3.8, 4) is 6.07 Å². The highest BCUT2D eigenvalue weighted by molar-refractivity contribution is 5.76. The van der Waals surface area contributed by atoms with Crippen molar-refractivity contribution in [2.24, 2.45) is 0 Å². The second kappa shape index (κ2) is 6.88. The average Bonchev–Trinajstić information content (AvgIpc) is 2.44. The number of carbonyl (C=O) groups excluding carboxylic acids is 1. The third-order valence-electron chi connectivity index (χ3n) is 3.86. The fourth-order valence-electron chi connectivity index (χ4n) is 2.19. The van der Waals surface area contributed by atoms with Gasteiger partial charge in [0.15, 0.2) is 0 Å². The average molecular weight is 267 g/mol. The van der Waals surface area contributed by atoms with Crippen molar-refractivity contribution in [3.05, 3.63) is 0 Å². The van der Waals surface area contributed by atoms with E-state index in [9.17, 15) is 4.79 Å². The van der Waals surface area contributed by atoms with Crippen molar-refractivity contribution in [2.75, 3.05) is 33.3 Å². The number of carbonyl (C=O) groups is 1. The second-order valence-electron chi connectivity index (χ2n) is 5.62. The molecule has 0 aromatic heterocycles. The van der Waals surface area contributed by atoms with E-state index >= 15 is 0 Å².